The van der Waals surface area contributed by atoms with Gasteiger partial charge in [-0.25, -0.2) is 4.79 Å². The van der Waals surface area contributed by atoms with E-state index in [4.69, 9.17) is 4.74 Å². The maximum Gasteiger partial charge on any atom is 0.414 e. The van der Waals surface area contributed by atoms with Crippen molar-refractivity contribution in [1.82, 2.24) is 10.2 Å². The molecule has 0 radical (unpaired) electrons. The van der Waals surface area contributed by atoms with Gasteiger partial charge in [-0.3, -0.25) is 10.1 Å². The van der Waals surface area contributed by atoms with Crippen molar-refractivity contribution in [2.24, 2.45) is 0 Å². The molecule has 1 N–H and O–H groups in total. The molecule has 0 fully saturated rings. The van der Waals surface area contributed by atoms with Crippen LogP contribution in [0, 0.1) is 0 Å². The molecule has 2 amide bonds. The topological polar surface area (TPSA) is 58.6 Å². The van der Waals surface area contributed by atoms with E-state index >= 15 is 0 Å². The minimum Gasteiger partial charge on any atom is -0.446 e. The first-order valence-electron chi connectivity index (χ1n) is 13.2. The molecule has 1 unspecified atom stereocenters. The quantitative estimate of drug-likeness (QED) is 0.181. The Kier molecular flexibility index (Phi) is 21.5. The van der Waals surface area contributed by atoms with Gasteiger partial charge in [-0.1, -0.05) is 103 Å². The van der Waals surface area contributed by atoms with E-state index in [1.165, 1.54) is 77.0 Å². The number of nitrogens with one attached hydrogen (secondary N) is 1. The standard InChI is InChI=1S/C26H52N2O3S/c1-6-8-10-12-14-16-18-20-24(21-19-17-15-13-11-9-7-2)31-25(29)27-26(30)32-22-23(3)28(4)5/h23-24H,6-22H2,1-5H3,(H,27,29,30). The van der Waals surface area contributed by atoms with E-state index in [1.807, 2.05) is 14.1 Å². The number of amides is 2. The Labute approximate surface area is 203 Å². The zero-order valence-electron chi connectivity index (χ0n) is 21.8. The zero-order valence-corrected chi connectivity index (χ0v) is 22.6. The SMILES string of the molecule is CCCCCCCCCC(CCCCCCCCC)OC(=O)NC(=O)SCC(C)N(C)C. The molecule has 0 aliphatic carbocycles. The summed E-state index contributed by atoms with van der Waals surface area (Å²) in [5, 5.41) is 2.07. The lowest BCUT2D eigenvalue weighted by atomic mass is 10.0. The highest BCUT2D eigenvalue weighted by molar-refractivity contribution is 8.13. The van der Waals surface area contributed by atoms with Gasteiger partial charge in [0.05, 0.1) is 0 Å². The highest BCUT2D eigenvalue weighted by Gasteiger charge is 2.17. The minimum absolute atomic E-state index is 0.0835. The van der Waals surface area contributed by atoms with Gasteiger partial charge in [-0.15, -0.1) is 0 Å². The number of carbonyl (C=O) groups excluding carboxylic acids is 2. The number of ether oxygens (including phenoxy) is 1. The largest absolute Gasteiger partial charge is 0.446 e. The number of hydrogen-bond acceptors (Lipinski definition) is 5. The molecule has 6 heteroatoms. The lowest BCUT2D eigenvalue weighted by Crippen LogP contribution is -2.33. The number of thioether (sulfide) groups is 1. The molecule has 1 atom stereocenters. The van der Waals surface area contributed by atoms with Gasteiger partial charge in [-0.2, -0.15) is 0 Å². The predicted octanol–water partition coefficient (Wildman–Crippen LogP) is 8.17. The fourth-order valence-corrected chi connectivity index (χ4v) is 4.41. The molecule has 0 heterocycles. The van der Waals surface area contributed by atoms with Crippen LogP contribution in [0.25, 0.3) is 0 Å². The van der Waals surface area contributed by atoms with Crippen LogP contribution in [0.3, 0.4) is 0 Å². The summed E-state index contributed by atoms with van der Waals surface area (Å²) in [6.07, 6.45) is 18.6. The van der Waals surface area contributed by atoms with Crippen LogP contribution in [0.4, 0.5) is 9.59 Å². The monoisotopic (exact) mass is 472 g/mol. The molecule has 0 rings (SSSR count). The Hall–Kier alpha value is -0.750. The molecule has 32 heavy (non-hydrogen) atoms. The van der Waals surface area contributed by atoms with Crippen molar-refractivity contribution in [2.75, 3.05) is 19.8 Å². The number of nitrogens with zero attached hydrogens (tertiary/aromatic N) is 1. The van der Waals surface area contributed by atoms with Crippen LogP contribution in [0.1, 0.15) is 124 Å². The lowest BCUT2D eigenvalue weighted by Gasteiger charge is -2.19. The molecule has 0 aromatic carbocycles. The minimum atomic E-state index is -0.587. The number of carbonyl (C=O) groups is 2. The first-order chi connectivity index (χ1) is 15.4. The maximum absolute atomic E-state index is 12.3. The Morgan fingerprint density at radius 1 is 0.781 bits per heavy atom. The second kappa shape index (κ2) is 22.1. The molecular formula is C26H52N2O3S. The van der Waals surface area contributed by atoms with Crippen LogP contribution < -0.4 is 5.32 Å². The second-order valence-corrected chi connectivity index (χ2v) is 10.4. The van der Waals surface area contributed by atoms with Gasteiger partial charge in [0.1, 0.15) is 6.10 Å². The van der Waals surface area contributed by atoms with E-state index < -0.39 is 6.09 Å². The summed E-state index contributed by atoms with van der Waals surface area (Å²) in [7, 11) is 3.96. The van der Waals surface area contributed by atoms with E-state index in [0.717, 1.165) is 37.4 Å². The Balaban J connectivity index is 4.29. The van der Waals surface area contributed by atoms with Gasteiger partial charge in [0.25, 0.3) is 5.24 Å². The fraction of sp³-hybridized carbons (Fsp3) is 0.923. The average Bonchev–Trinajstić information content (AvgIpc) is 2.75. The summed E-state index contributed by atoms with van der Waals surface area (Å²) in [5.41, 5.74) is 0. The van der Waals surface area contributed by atoms with Gasteiger partial charge >= 0.3 is 6.09 Å². The molecule has 0 saturated heterocycles. The third kappa shape index (κ3) is 19.9. The van der Waals surface area contributed by atoms with Crippen molar-refractivity contribution < 1.29 is 14.3 Å². The third-order valence-electron chi connectivity index (χ3n) is 6.07. The van der Waals surface area contributed by atoms with Crippen molar-refractivity contribution in [3.63, 3.8) is 0 Å². The normalized spacial score (nSPS) is 12.3. The van der Waals surface area contributed by atoms with Crippen molar-refractivity contribution in [1.29, 1.82) is 0 Å². The van der Waals surface area contributed by atoms with Crippen LogP contribution in [-0.4, -0.2) is 48.2 Å². The third-order valence-corrected chi connectivity index (χ3v) is 7.09. The molecular weight excluding hydrogens is 420 g/mol. The molecule has 0 spiro atoms. The van der Waals surface area contributed by atoms with Gasteiger partial charge in [0.15, 0.2) is 0 Å². The Bertz CT molecular complexity index is 442. The molecule has 0 aliphatic heterocycles. The maximum atomic E-state index is 12.3. The number of imide groups is 1. The highest BCUT2D eigenvalue weighted by atomic mass is 32.2. The summed E-state index contributed by atoms with van der Waals surface area (Å²) >= 11 is 1.14. The van der Waals surface area contributed by atoms with E-state index in [0.29, 0.717) is 5.75 Å². The fourth-order valence-electron chi connectivity index (χ4n) is 3.57. The predicted molar refractivity (Wildman–Crippen MR) is 140 cm³/mol. The number of unbranched alkanes of at least 4 members (excludes halogenated alkanes) is 12. The smallest absolute Gasteiger partial charge is 0.414 e. The number of alkyl carbamates (subject to hydrolysis) is 1. The van der Waals surface area contributed by atoms with Crippen molar-refractivity contribution in [2.45, 2.75) is 136 Å². The van der Waals surface area contributed by atoms with Crippen LogP contribution >= 0.6 is 11.8 Å². The van der Waals surface area contributed by atoms with E-state index in [2.05, 4.69) is 31.0 Å². The number of rotatable bonds is 20. The molecule has 5 nitrogen and oxygen atoms in total. The summed E-state index contributed by atoms with van der Waals surface area (Å²) in [4.78, 5) is 26.4. The van der Waals surface area contributed by atoms with Crippen molar-refractivity contribution >= 4 is 23.1 Å². The van der Waals surface area contributed by atoms with Crippen LogP contribution in [0.15, 0.2) is 0 Å². The van der Waals surface area contributed by atoms with Gasteiger partial charge < -0.3 is 9.64 Å². The van der Waals surface area contributed by atoms with Crippen LogP contribution in [0.2, 0.25) is 0 Å². The molecule has 0 aromatic heterocycles. The van der Waals surface area contributed by atoms with E-state index in [-0.39, 0.29) is 17.4 Å². The number of hydrogen-bond donors (Lipinski definition) is 1. The van der Waals surface area contributed by atoms with Crippen LogP contribution in [-0.2, 0) is 4.74 Å². The summed E-state index contributed by atoms with van der Waals surface area (Å²) in [6.45, 7) is 6.53. The van der Waals surface area contributed by atoms with Gasteiger partial charge in [0.2, 0.25) is 0 Å². The lowest BCUT2D eigenvalue weighted by molar-refractivity contribution is 0.0869. The van der Waals surface area contributed by atoms with Gasteiger partial charge in [0, 0.05) is 11.8 Å². The molecule has 0 aromatic rings. The van der Waals surface area contributed by atoms with Crippen LogP contribution in [0.5, 0.6) is 0 Å². The molecule has 0 saturated carbocycles. The van der Waals surface area contributed by atoms with Crippen molar-refractivity contribution in [3.05, 3.63) is 0 Å². The summed E-state index contributed by atoms with van der Waals surface area (Å²) in [5.74, 6) is 0.644. The first kappa shape index (κ1) is 31.2. The highest BCUT2D eigenvalue weighted by Crippen LogP contribution is 2.17. The Morgan fingerprint density at radius 3 is 1.66 bits per heavy atom. The van der Waals surface area contributed by atoms with Crippen molar-refractivity contribution in [3.8, 4) is 0 Å². The van der Waals surface area contributed by atoms with E-state index in [1.54, 1.807) is 0 Å². The first-order valence-corrected chi connectivity index (χ1v) is 14.2. The zero-order chi connectivity index (χ0) is 24.0. The Morgan fingerprint density at radius 2 is 1.22 bits per heavy atom. The van der Waals surface area contributed by atoms with Gasteiger partial charge in [-0.05, 0) is 46.7 Å². The van der Waals surface area contributed by atoms with E-state index in [9.17, 15) is 9.59 Å². The average molecular weight is 473 g/mol. The molecule has 0 bridgehead atoms. The molecule has 0 aliphatic rings. The summed E-state index contributed by atoms with van der Waals surface area (Å²) in [6, 6.07) is 0.268. The molecule has 190 valence electrons. The second-order valence-electron chi connectivity index (χ2n) is 9.38. The summed E-state index contributed by atoms with van der Waals surface area (Å²) < 4.78 is 5.67.